The molecule has 7 rings (SSSR count). The van der Waals surface area contributed by atoms with Crippen molar-refractivity contribution in [1.82, 2.24) is 39.8 Å². The summed E-state index contributed by atoms with van der Waals surface area (Å²) in [6, 6.07) is 18.6. The second-order valence-electron chi connectivity index (χ2n) is 10.6. The van der Waals surface area contributed by atoms with Crippen LogP contribution < -0.4 is 10.0 Å². The van der Waals surface area contributed by atoms with Crippen LogP contribution in [0.1, 0.15) is 15.9 Å². The number of hydrogen-bond donors (Lipinski definition) is 4. The number of carbonyl (C=O) groups is 1. The van der Waals surface area contributed by atoms with Crippen molar-refractivity contribution in [3.63, 3.8) is 0 Å². The Kier molecular flexibility index (Phi) is 7.27. The number of H-pyrrole nitrogens is 2. The predicted molar refractivity (Wildman–Crippen MR) is 171 cm³/mol. The summed E-state index contributed by atoms with van der Waals surface area (Å²) in [4.78, 5) is 34.0. The molecule has 7 aromatic rings. The zero-order chi connectivity index (χ0) is 31.8. The molecule has 2 aromatic carbocycles. The first-order valence-corrected chi connectivity index (χ1v) is 15.8. The maximum atomic E-state index is 14.6. The third-order valence-electron chi connectivity index (χ3n) is 7.18. The number of anilines is 1. The highest BCUT2D eigenvalue weighted by Crippen LogP contribution is 2.32. The number of halogens is 1. The van der Waals surface area contributed by atoms with Crippen molar-refractivity contribution >= 4 is 43.7 Å². The van der Waals surface area contributed by atoms with Gasteiger partial charge in [-0.2, -0.15) is 5.10 Å². The molecule has 0 bridgehead atoms. The topological polar surface area (TPSA) is 171 Å². The van der Waals surface area contributed by atoms with Crippen molar-refractivity contribution in [1.29, 1.82) is 0 Å². The summed E-state index contributed by atoms with van der Waals surface area (Å²) in [6.45, 7) is -0.0716. The molecule has 5 aromatic heterocycles. The Morgan fingerprint density at radius 3 is 2.57 bits per heavy atom. The number of carbonyl (C=O) groups excluding carboxylic acids is 1. The van der Waals surface area contributed by atoms with E-state index >= 15 is 0 Å². The lowest BCUT2D eigenvalue weighted by atomic mass is 10.1. The second-order valence-corrected chi connectivity index (χ2v) is 12.4. The number of pyridine rings is 3. The minimum Gasteiger partial charge on any atom is -0.336 e. The number of sulfonamides is 1. The van der Waals surface area contributed by atoms with Crippen molar-refractivity contribution < 1.29 is 17.6 Å². The molecule has 0 fully saturated rings. The van der Waals surface area contributed by atoms with E-state index in [4.69, 9.17) is 4.98 Å². The van der Waals surface area contributed by atoms with Gasteiger partial charge in [0.1, 0.15) is 17.0 Å². The third kappa shape index (κ3) is 5.94. The average Bonchev–Trinajstić information content (AvgIpc) is 3.68. The number of aromatic amines is 2. The number of nitrogens with zero attached hydrogens (tertiary/aromatic N) is 5. The third-order valence-corrected chi connectivity index (χ3v) is 7.85. The van der Waals surface area contributed by atoms with E-state index in [1.807, 2.05) is 18.2 Å². The summed E-state index contributed by atoms with van der Waals surface area (Å²) in [6.07, 6.45) is 7.56. The van der Waals surface area contributed by atoms with Gasteiger partial charge in [0, 0.05) is 47.4 Å². The summed E-state index contributed by atoms with van der Waals surface area (Å²) < 4.78 is 40.1. The minimum absolute atomic E-state index is 0.0716. The largest absolute Gasteiger partial charge is 0.336 e. The van der Waals surface area contributed by atoms with Crippen LogP contribution in [0.5, 0.6) is 0 Å². The fraction of sp³-hybridized carbons (Fsp3) is 0.0625. The van der Waals surface area contributed by atoms with Crippen molar-refractivity contribution in [2.75, 3.05) is 11.6 Å². The number of rotatable bonds is 8. The zero-order valence-corrected chi connectivity index (χ0v) is 24.9. The molecule has 12 nitrogen and oxygen atoms in total. The molecule has 0 aliphatic carbocycles. The van der Waals surface area contributed by atoms with Gasteiger partial charge in [-0.1, -0.05) is 18.2 Å². The van der Waals surface area contributed by atoms with E-state index in [-0.39, 0.29) is 12.5 Å². The van der Waals surface area contributed by atoms with Crippen LogP contribution >= 0.6 is 0 Å². The fourth-order valence-corrected chi connectivity index (χ4v) is 5.49. The first-order chi connectivity index (χ1) is 22.2. The molecule has 14 heteroatoms. The number of hydrogen-bond acceptors (Lipinski definition) is 8. The van der Waals surface area contributed by atoms with E-state index in [1.165, 1.54) is 12.1 Å². The van der Waals surface area contributed by atoms with Crippen LogP contribution in [0.4, 0.5) is 10.1 Å². The SMILES string of the molecule is CS(=O)(=O)NCc1cc(F)cc(-c2nccc3[nH]c(-c4n[nH]c5ncc(-c6cncc(NC(=O)c7ccccc7)c6)cc45)nc23)c1. The molecular weight excluding hydrogens is 609 g/mol. The van der Waals surface area contributed by atoms with E-state index < -0.39 is 15.8 Å². The van der Waals surface area contributed by atoms with Crippen LogP contribution in [0.2, 0.25) is 0 Å². The number of nitrogens with one attached hydrogen (secondary N) is 4. The Balaban J connectivity index is 1.22. The average molecular weight is 634 g/mol. The first kappa shape index (κ1) is 28.9. The van der Waals surface area contributed by atoms with Gasteiger partial charge in [0.2, 0.25) is 10.0 Å². The maximum absolute atomic E-state index is 14.6. The number of benzene rings is 2. The first-order valence-electron chi connectivity index (χ1n) is 14.0. The molecule has 5 heterocycles. The lowest BCUT2D eigenvalue weighted by molar-refractivity contribution is 0.102. The molecule has 0 aliphatic heterocycles. The highest BCUT2D eigenvalue weighted by atomic mass is 32.2. The minimum atomic E-state index is -3.47. The molecule has 0 radical (unpaired) electrons. The Bertz CT molecular complexity index is 2370. The fourth-order valence-electron chi connectivity index (χ4n) is 5.06. The Labute approximate surface area is 261 Å². The highest BCUT2D eigenvalue weighted by Gasteiger charge is 2.18. The van der Waals surface area contributed by atoms with Gasteiger partial charge >= 0.3 is 0 Å². The summed E-state index contributed by atoms with van der Waals surface area (Å²) >= 11 is 0. The maximum Gasteiger partial charge on any atom is 0.255 e. The van der Waals surface area contributed by atoms with Crippen molar-refractivity contribution in [3.05, 3.63) is 108 Å². The van der Waals surface area contributed by atoms with Crippen LogP contribution in [0.15, 0.2) is 91.5 Å². The number of imidazole rings is 1. The standard InChI is InChI=1S/C32H24FN9O3S/c1-46(44,45)37-14-18-9-20(11-23(33)10-18)27-29-26(7-8-35-27)39-31(40-29)28-25-13-22(16-36-30(25)42-41-28)21-12-24(17-34-15-21)38-32(43)19-5-3-2-4-6-19/h2-13,15-17,37H,14H2,1H3,(H,38,43)(H,39,40)(H,36,41,42). The van der Waals surface area contributed by atoms with E-state index in [9.17, 15) is 17.6 Å². The van der Waals surface area contributed by atoms with Crippen LogP contribution in [0.25, 0.3) is 56.0 Å². The number of fused-ring (bicyclic) bond motifs is 2. The normalized spacial score (nSPS) is 11.7. The van der Waals surface area contributed by atoms with Gasteiger partial charge in [-0.3, -0.25) is 19.9 Å². The van der Waals surface area contributed by atoms with Gasteiger partial charge in [-0.25, -0.2) is 27.5 Å². The zero-order valence-electron chi connectivity index (χ0n) is 24.1. The Morgan fingerprint density at radius 1 is 0.913 bits per heavy atom. The van der Waals surface area contributed by atoms with E-state index in [0.717, 1.165) is 17.4 Å². The van der Waals surface area contributed by atoms with E-state index in [0.29, 0.717) is 61.7 Å². The Hall–Kier alpha value is -5.86. The second kappa shape index (κ2) is 11.6. The highest BCUT2D eigenvalue weighted by molar-refractivity contribution is 7.88. The molecule has 228 valence electrons. The van der Waals surface area contributed by atoms with Gasteiger partial charge in [0.25, 0.3) is 5.91 Å². The number of aromatic nitrogens is 7. The van der Waals surface area contributed by atoms with Crippen LogP contribution in [-0.4, -0.2) is 55.7 Å². The molecule has 0 spiro atoms. The molecule has 46 heavy (non-hydrogen) atoms. The van der Waals surface area contributed by atoms with Gasteiger partial charge in [0.05, 0.1) is 34.7 Å². The molecular formula is C32H24FN9O3S. The van der Waals surface area contributed by atoms with Gasteiger partial charge in [-0.15, -0.1) is 0 Å². The van der Waals surface area contributed by atoms with Gasteiger partial charge < -0.3 is 10.3 Å². The van der Waals surface area contributed by atoms with Gasteiger partial charge in [-0.05, 0) is 54.1 Å². The van der Waals surface area contributed by atoms with Crippen LogP contribution in [0, 0.1) is 5.82 Å². The van der Waals surface area contributed by atoms with Gasteiger partial charge in [0.15, 0.2) is 11.5 Å². The molecule has 0 aliphatic rings. The van der Waals surface area contributed by atoms with E-state index in [1.54, 1.807) is 61.2 Å². The summed E-state index contributed by atoms with van der Waals surface area (Å²) in [5.41, 5.74) is 6.00. The molecule has 0 saturated carbocycles. The number of amides is 1. The van der Waals surface area contributed by atoms with Crippen molar-refractivity contribution in [2.45, 2.75) is 6.54 Å². The van der Waals surface area contributed by atoms with Crippen molar-refractivity contribution in [2.24, 2.45) is 0 Å². The summed E-state index contributed by atoms with van der Waals surface area (Å²) in [5, 5.41) is 11.0. The quantitative estimate of drug-likeness (QED) is 0.180. The lowest BCUT2D eigenvalue weighted by Gasteiger charge is -2.07. The molecule has 4 N–H and O–H groups in total. The summed E-state index contributed by atoms with van der Waals surface area (Å²) in [5.74, 6) is -0.344. The van der Waals surface area contributed by atoms with E-state index in [2.05, 4.69) is 40.2 Å². The van der Waals surface area contributed by atoms with Crippen LogP contribution in [0.3, 0.4) is 0 Å². The van der Waals surface area contributed by atoms with Crippen LogP contribution in [-0.2, 0) is 16.6 Å². The van der Waals surface area contributed by atoms with Crippen molar-refractivity contribution in [3.8, 4) is 33.9 Å². The Morgan fingerprint density at radius 2 is 1.74 bits per heavy atom. The lowest BCUT2D eigenvalue weighted by Crippen LogP contribution is -2.21. The predicted octanol–water partition coefficient (Wildman–Crippen LogP) is 5.07. The smallest absolute Gasteiger partial charge is 0.255 e. The molecule has 0 saturated heterocycles. The summed E-state index contributed by atoms with van der Waals surface area (Å²) in [7, 11) is -3.47. The monoisotopic (exact) mass is 633 g/mol. The molecule has 1 amide bonds. The molecule has 0 atom stereocenters. The molecule has 0 unspecified atom stereocenters.